The van der Waals surface area contributed by atoms with E-state index in [1.54, 1.807) is 24.3 Å². The first kappa shape index (κ1) is 14.4. The lowest BCUT2D eigenvalue weighted by molar-refractivity contribution is 0.0748. The minimum absolute atomic E-state index is 0.152. The molecule has 0 unspecified atom stereocenters. The van der Waals surface area contributed by atoms with Crippen molar-refractivity contribution in [2.45, 2.75) is 31.1 Å². The van der Waals surface area contributed by atoms with Crippen LogP contribution >= 0.6 is 11.6 Å². The van der Waals surface area contributed by atoms with Gasteiger partial charge in [-0.3, -0.25) is 0 Å². The summed E-state index contributed by atoms with van der Waals surface area (Å²) in [6, 6.07) is 6.77. The standard InChI is InChI=1S/C11H16ClNO3S/c1-11(2,14)10(17(13,15)16)7-8-3-5-9(12)6-4-8/h3-6,10,14H,7H2,1-2H3,(H2,13,15,16)/t10-/m0/s1. The molecule has 1 aromatic rings. The Balaban J connectivity index is 3.00. The van der Waals surface area contributed by atoms with Gasteiger partial charge in [0.25, 0.3) is 0 Å². The third-order valence-electron chi connectivity index (χ3n) is 2.52. The number of rotatable bonds is 4. The van der Waals surface area contributed by atoms with Gasteiger partial charge in [0.15, 0.2) is 0 Å². The van der Waals surface area contributed by atoms with E-state index in [4.69, 9.17) is 16.7 Å². The lowest BCUT2D eigenvalue weighted by Crippen LogP contribution is -2.46. The number of hydrogen-bond donors (Lipinski definition) is 2. The molecule has 1 atom stereocenters. The quantitative estimate of drug-likeness (QED) is 0.871. The van der Waals surface area contributed by atoms with E-state index in [0.717, 1.165) is 5.56 Å². The Kier molecular flexibility index (Phi) is 4.19. The van der Waals surface area contributed by atoms with Gasteiger partial charge in [0, 0.05) is 5.02 Å². The fourth-order valence-corrected chi connectivity index (χ4v) is 2.96. The summed E-state index contributed by atoms with van der Waals surface area (Å²) in [7, 11) is -3.81. The zero-order valence-electron chi connectivity index (χ0n) is 9.72. The van der Waals surface area contributed by atoms with Crippen molar-refractivity contribution >= 4 is 21.6 Å². The zero-order valence-corrected chi connectivity index (χ0v) is 11.3. The van der Waals surface area contributed by atoms with Gasteiger partial charge in [0.1, 0.15) is 5.25 Å². The highest BCUT2D eigenvalue weighted by Gasteiger charge is 2.35. The molecule has 6 heteroatoms. The fraction of sp³-hybridized carbons (Fsp3) is 0.455. The summed E-state index contributed by atoms with van der Waals surface area (Å²) < 4.78 is 22.9. The number of halogens is 1. The van der Waals surface area contributed by atoms with Crippen LogP contribution in [-0.4, -0.2) is 24.4 Å². The van der Waals surface area contributed by atoms with Crippen molar-refractivity contribution in [1.29, 1.82) is 0 Å². The number of hydrogen-bond acceptors (Lipinski definition) is 3. The lowest BCUT2D eigenvalue weighted by Gasteiger charge is -2.27. The van der Waals surface area contributed by atoms with Crippen LogP contribution in [0.2, 0.25) is 5.02 Å². The number of nitrogens with two attached hydrogens (primary N) is 1. The fourth-order valence-electron chi connectivity index (χ4n) is 1.60. The highest BCUT2D eigenvalue weighted by molar-refractivity contribution is 7.89. The molecule has 0 spiro atoms. The van der Waals surface area contributed by atoms with Gasteiger partial charge in [0.2, 0.25) is 10.0 Å². The molecule has 0 bridgehead atoms. The summed E-state index contributed by atoms with van der Waals surface area (Å²) >= 11 is 5.74. The molecule has 0 saturated carbocycles. The minimum atomic E-state index is -3.81. The van der Waals surface area contributed by atoms with E-state index in [-0.39, 0.29) is 6.42 Å². The van der Waals surface area contributed by atoms with Crippen molar-refractivity contribution in [3.8, 4) is 0 Å². The number of benzene rings is 1. The van der Waals surface area contributed by atoms with Gasteiger partial charge in [-0.2, -0.15) is 0 Å². The third-order valence-corrected chi connectivity index (χ3v) is 4.31. The molecular formula is C11H16ClNO3S. The zero-order chi connectivity index (χ0) is 13.3. The minimum Gasteiger partial charge on any atom is -0.389 e. The van der Waals surface area contributed by atoms with E-state index in [9.17, 15) is 13.5 Å². The average molecular weight is 278 g/mol. The van der Waals surface area contributed by atoms with E-state index in [1.807, 2.05) is 0 Å². The first-order valence-corrected chi connectivity index (χ1v) is 7.08. The van der Waals surface area contributed by atoms with Gasteiger partial charge < -0.3 is 5.11 Å². The van der Waals surface area contributed by atoms with Crippen molar-refractivity contribution in [1.82, 2.24) is 0 Å². The Morgan fingerprint density at radius 2 is 1.82 bits per heavy atom. The van der Waals surface area contributed by atoms with Gasteiger partial charge in [0.05, 0.1) is 5.60 Å². The maximum Gasteiger partial charge on any atom is 0.215 e. The predicted molar refractivity (Wildman–Crippen MR) is 68.3 cm³/mol. The lowest BCUT2D eigenvalue weighted by atomic mass is 9.98. The van der Waals surface area contributed by atoms with Crippen LogP contribution in [-0.2, 0) is 16.4 Å². The van der Waals surface area contributed by atoms with Crippen LogP contribution in [0, 0.1) is 0 Å². The number of aliphatic hydroxyl groups is 1. The highest BCUT2D eigenvalue weighted by Crippen LogP contribution is 2.21. The van der Waals surface area contributed by atoms with Crippen molar-refractivity contribution in [3.05, 3.63) is 34.9 Å². The molecule has 0 heterocycles. The second kappa shape index (κ2) is 4.94. The Morgan fingerprint density at radius 1 is 1.35 bits per heavy atom. The third kappa shape index (κ3) is 4.27. The van der Waals surface area contributed by atoms with Gasteiger partial charge in [-0.15, -0.1) is 0 Å². The van der Waals surface area contributed by atoms with Crippen LogP contribution in [0.1, 0.15) is 19.4 Å². The van der Waals surface area contributed by atoms with Crippen LogP contribution in [0.5, 0.6) is 0 Å². The SMILES string of the molecule is CC(C)(O)[C@H](Cc1ccc(Cl)cc1)S(N)(=O)=O. The summed E-state index contributed by atoms with van der Waals surface area (Å²) in [6.07, 6.45) is 0.152. The summed E-state index contributed by atoms with van der Waals surface area (Å²) in [6.45, 7) is 2.86. The predicted octanol–water partition coefficient (Wildman–Crippen LogP) is 1.31. The van der Waals surface area contributed by atoms with Crippen molar-refractivity contribution in [2.24, 2.45) is 5.14 Å². The Hall–Kier alpha value is -0.620. The largest absolute Gasteiger partial charge is 0.389 e. The van der Waals surface area contributed by atoms with Crippen LogP contribution in [0.3, 0.4) is 0 Å². The van der Waals surface area contributed by atoms with E-state index < -0.39 is 20.9 Å². The molecule has 96 valence electrons. The molecule has 0 aliphatic rings. The molecule has 0 amide bonds. The molecule has 0 aliphatic carbocycles. The number of sulfonamides is 1. The van der Waals surface area contributed by atoms with Gasteiger partial charge >= 0.3 is 0 Å². The molecule has 4 nitrogen and oxygen atoms in total. The summed E-state index contributed by atoms with van der Waals surface area (Å²) in [5.74, 6) is 0. The number of primary sulfonamides is 1. The monoisotopic (exact) mass is 277 g/mol. The Bertz CT molecular complexity index is 476. The Morgan fingerprint density at radius 3 is 2.18 bits per heavy atom. The Labute approximate surface area is 106 Å². The maximum absolute atomic E-state index is 11.4. The summed E-state index contributed by atoms with van der Waals surface area (Å²) in [5, 5.41) is 14.5. The molecule has 0 aromatic heterocycles. The second-order valence-corrected chi connectivity index (χ2v) is 6.75. The van der Waals surface area contributed by atoms with Crippen molar-refractivity contribution < 1.29 is 13.5 Å². The summed E-state index contributed by atoms with van der Waals surface area (Å²) in [4.78, 5) is 0. The van der Waals surface area contributed by atoms with Gasteiger partial charge in [-0.1, -0.05) is 23.7 Å². The molecule has 17 heavy (non-hydrogen) atoms. The van der Waals surface area contributed by atoms with E-state index in [1.165, 1.54) is 13.8 Å². The molecule has 1 rings (SSSR count). The topological polar surface area (TPSA) is 80.4 Å². The molecule has 0 radical (unpaired) electrons. The van der Waals surface area contributed by atoms with Crippen LogP contribution in [0.15, 0.2) is 24.3 Å². The second-order valence-electron chi connectivity index (χ2n) is 4.56. The molecule has 0 fully saturated rings. The van der Waals surface area contributed by atoms with Crippen LogP contribution < -0.4 is 5.14 Å². The van der Waals surface area contributed by atoms with E-state index in [0.29, 0.717) is 5.02 Å². The molecule has 3 N–H and O–H groups in total. The van der Waals surface area contributed by atoms with Gasteiger partial charge in [-0.05, 0) is 38.0 Å². The van der Waals surface area contributed by atoms with Crippen molar-refractivity contribution in [2.75, 3.05) is 0 Å². The molecule has 0 saturated heterocycles. The van der Waals surface area contributed by atoms with Crippen LogP contribution in [0.4, 0.5) is 0 Å². The normalized spacial score (nSPS) is 14.6. The van der Waals surface area contributed by atoms with E-state index >= 15 is 0 Å². The van der Waals surface area contributed by atoms with E-state index in [2.05, 4.69) is 0 Å². The summed E-state index contributed by atoms with van der Waals surface area (Å²) in [5.41, 5.74) is -0.636. The molecule has 1 aromatic carbocycles. The maximum atomic E-state index is 11.4. The average Bonchev–Trinajstić information content (AvgIpc) is 2.13. The highest BCUT2D eigenvalue weighted by atomic mass is 35.5. The first-order valence-electron chi connectivity index (χ1n) is 5.09. The first-order chi connectivity index (χ1) is 7.60. The molecular weight excluding hydrogens is 262 g/mol. The van der Waals surface area contributed by atoms with Crippen molar-refractivity contribution in [3.63, 3.8) is 0 Å². The van der Waals surface area contributed by atoms with Gasteiger partial charge in [-0.25, -0.2) is 13.6 Å². The van der Waals surface area contributed by atoms with Crippen LogP contribution in [0.25, 0.3) is 0 Å². The smallest absolute Gasteiger partial charge is 0.215 e. The molecule has 0 aliphatic heterocycles.